The van der Waals surface area contributed by atoms with Crippen molar-refractivity contribution >= 4 is 46.0 Å². The molecule has 3 fully saturated rings. The zero-order chi connectivity index (χ0) is 30.4. The summed E-state index contributed by atoms with van der Waals surface area (Å²) in [6, 6.07) is 9.53. The van der Waals surface area contributed by atoms with Crippen LogP contribution in [0.2, 0.25) is 5.02 Å². The molecule has 3 saturated heterocycles. The molecule has 230 valence electrons. The number of nitrogens with zero attached hydrogens (tertiary/aromatic N) is 6. The molecule has 0 bridgehead atoms. The number of carbonyl (C=O) groups is 1. The lowest BCUT2D eigenvalue weighted by Crippen LogP contribution is -2.43. The fourth-order valence-corrected chi connectivity index (χ4v) is 8.06. The molecule has 0 N–H and O–H groups in total. The fraction of sp³-hybridized carbons (Fsp3) is 0.471. The van der Waals surface area contributed by atoms with Crippen LogP contribution in [-0.2, 0) is 17.8 Å². The molecule has 2 aromatic carbocycles. The Morgan fingerprint density at radius 2 is 2.00 bits per heavy atom. The molecule has 5 heterocycles. The Hall–Kier alpha value is -3.56. The van der Waals surface area contributed by atoms with E-state index in [0.717, 1.165) is 78.9 Å². The maximum atomic E-state index is 14.6. The zero-order valence-electron chi connectivity index (χ0n) is 25.3. The van der Waals surface area contributed by atoms with Gasteiger partial charge in [0.25, 0.3) is 0 Å². The molecule has 8 nitrogen and oxygen atoms in total. The predicted molar refractivity (Wildman–Crippen MR) is 171 cm³/mol. The summed E-state index contributed by atoms with van der Waals surface area (Å²) in [6.07, 6.45) is 9.87. The molecular formula is C34H39ClFN6O2+. The highest BCUT2D eigenvalue weighted by atomic mass is 35.5. The van der Waals surface area contributed by atoms with E-state index in [1.807, 2.05) is 30.1 Å². The lowest BCUT2D eigenvalue weighted by molar-refractivity contribution is -0.407. The highest BCUT2D eigenvalue weighted by Gasteiger charge is 2.45. The third kappa shape index (κ3) is 5.24. The van der Waals surface area contributed by atoms with Crippen molar-refractivity contribution in [3.05, 3.63) is 65.1 Å². The number of benzene rings is 2. The summed E-state index contributed by atoms with van der Waals surface area (Å²) in [7, 11) is 2.03. The Kier molecular flexibility index (Phi) is 7.79. The number of hydrogen-bond donors (Lipinski definition) is 0. The van der Waals surface area contributed by atoms with Crippen molar-refractivity contribution in [2.24, 2.45) is 5.92 Å². The van der Waals surface area contributed by atoms with Gasteiger partial charge in [-0.2, -0.15) is 4.98 Å². The molecule has 10 heteroatoms. The van der Waals surface area contributed by atoms with Gasteiger partial charge in [0.15, 0.2) is 0 Å². The number of rotatable bonds is 7. The van der Waals surface area contributed by atoms with Gasteiger partial charge in [0, 0.05) is 48.0 Å². The second-order valence-corrected chi connectivity index (χ2v) is 13.0. The van der Waals surface area contributed by atoms with Gasteiger partial charge >= 0.3 is 11.8 Å². The van der Waals surface area contributed by atoms with Gasteiger partial charge in [-0.05, 0) is 68.8 Å². The summed E-state index contributed by atoms with van der Waals surface area (Å²) in [6.45, 7) is 9.12. The van der Waals surface area contributed by atoms with E-state index in [0.29, 0.717) is 32.3 Å². The molecule has 44 heavy (non-hydrogen) atoms. The predicted octanol–water partition coefficient (Wildman–Crippen LogP) is 5.37. The quantitative estimate of drug-likeness (QED) is 0.202. The molecule has 7 rings (SSSR count). The molecule has 0 saturated carbocycles. The summed E-state index contributed by atoms with van der Waals surface area (Å²) >= 11 is 6.52. The minimum absolute atomic E-state index is 0.0283. The minimum Gasteiger partial charge on any atom is -0.443 e. The first-order valence-electron chi connectivity index (χ1n) is 15.7. The van der Waals surface area contributed by atoms with Gasteiger partial charge in [0.1, 0.15) is 12.4 Å². The molecule has 4 aliphatic rings. The maximum absolute atomic E-state index is 14.6. The average molecular weight is 618 g/mol. The molecule has 4 aliphatic heterocycles. The van der Waals surface area contributed by atoms with Crippen LogP contribution in [0.25, 0.3) is 10.8 Å². The number of likely N-dealkylation sites (tertiary alicyclic amines) is 1. The van der Waals surface area contributed by atoms with Gasteiger partial charge in [0.05, 0.1) is 41.6 Å². The van der Waals surface area contributed by atoms with Crippen LogP contribution in [0, 0.1) is 11.7 Å². The molecular weight excluding hydrogens is 579 g/mol. The van der Waals surface area contributed by atoms with E-state index in [2.05, 4.69) is 27.2 Å². The summed E-state index contributed by atoms with van der Waals surface area (Å²) in [5.41, 5.74) is 2.97. The van der Waals surface area contributed by atoms with Gasteiger partial charge in [0.2, 0.25) is 5.91 Å². The van der Waals surface area contributed by atoms with Gasteiger partial charge in [-0.1, -0.05) is 36.4 Å². The minimum atomic E-state index is -0.422. The number of amides is 1. The SMILES string of the molecule is C=CC(=O)N1CCC(/C=[N+](\C)c2nc(OCC34CCCN3CCC4)nc3c2CCN(c2cccc4ccc(F)c(Cl)c24)C3)C1. The summed E-state index contributed by atoms with van der Waals surface area (Å²) in [5.74, 6) is 0.608. The number of aromatic nitrogens is 2. The molecule has 0 spiro atoms. The van der Waals surface area contributed by atoms with Crippen molar-refractivity contribution in [3.63, 3.8) is 0 Å². The average Bonchev–Trinajstić information content (AvgIpc) is 3.77. The van der Waals surface area contributed by atoms with Crippen molar-refractivity contribution in [1.82, 2.24) is 19.8 Å². The maximum Gasteiger partial charge on any atom is 0.434 e. The van der Waals surface area contributed by atoms with Gasteiger partial charge in [-0.3, -0.25) is 9.69 Å². The normalized spacial score (nSPS) is 21.5. The van der Waals surface area contributed by atoms with E-state index in [4.69, 9.17) is 26.3 Å². The second-order valence-electron chi connectivity index (χ2n) is 12.7. The third-order valence-electron chi connectivity index (χ3n) is 10.0. The number of ether oxygens (including phenoxy) is 1. The summed E-state index contributed by atoms with van der Waals surface area (Å²) in [5, 5.41) is 1.76. The topological polar surface area (TPSA) is 64.8 Å². The van der Waals surface area contributed by atoms with Gasteiger partial charge < -0.3 is 14.5 Å². The van der Waals surface area contributed by atoms with E-state index in [9.17, 15) is 9.18 Å². The number of carbonyl (C=O) groups excluding carboxylic acids is 1. The van der Waals surface area contributed by atoms with Crippen LogP contribution in [0.3, 0.4) is 0 Å². The molecule has 0 aliphatic carbocycles. The lowest BCUT2D eigenvalue weighted by atomic mass is 9.95. The van der Waals surface area contributed by atoms with Crippen molar-refractivity contribution in [1.29, 1.82) is 0 Å². The highest BCUT2D eigenvalue weighted by molar-refractivity contribution is 6.36. The number of hydrogen-bond acceptors (Lipinski definition) is 6. The number of anilines is 1. The van der Waals surface area contributed by atoms with Crippen molar-refractivity contribution in [2.75, 3.05) is 51.3 Å². The molecule has 1 aromatic heterocycles. The van der Waals surface area contributed by atoms with E-state index < -0.39 is 5.82 Å². The summed E-state index contributed by atoms with van der Waals surface area (Å²) < 4.78 is 23.1. The third-order valence-corrected chi connectivity index (χ3v) is 10.4. The van der Waals surface area contributed by atoms with E-state index in [1.54, 1.807) is 6.07 Å². The number of halogens is 2. The number of fused-ring (bicyclic) bond motifs is 3. The highest BCUT2D eigenvalue weighted by Crippen LogP contribution is 2.40. The Balaban J connectivity index is 1.23. The van der Waals surface area contributed by atoms with Crippen molar-refractivity contribution in [2.45, 2.75) is 50.6 Å². The smallest absolute Gasteiger partial charge is 0.434 e. The van der Waals surface area contributed by atoms with E-state index >= 15 is 0 Å². The molecule has 1 atom stereocenters. The zero-order valence-corrected chi connectivity index (χ0v) is 26.0. The Labute approximate surface area is 262 Å². The van der Waals surface area contributed by atoms with Crippen LogP contribution in [-0.4, -0.2) is 88.4 Å². The Morgan fingerprint density at radius 1 is 1.18 bits per heavy atom. The second kappa shape index (κ2) is 11.7. The van der Waals surface area contributed by atoms with Crippen LogP contribution in [0.5, 0.6) is 6.01 Å². The van der Waals surface area contributed by atoms with Crippen LogP contribution in [0.15, 0.2) is 43.0 Å². The summed E-state index contributed by atoms with van der Waals surface area (Å²) in [4.78, 5) is 28.8. The first-order valence-corrected chi connectivity index (χ1v) is 16.1. The van der Waals surface area contributed by atoms with Crippen molar-refractivity contribution in [3.8, 4) is 6.01 Å². The van der Waals surface area contributed by atoms with E-state index in [-0.39, 0.29) is 22.4 Å². The first kappa shape index (κ1) is 29.2. The van der Waals surface area contributed by atoms with E-state index in [1.165, 1.54) is 25.0 Å². The van der Waals surface area contributed by atoms with Crippen LogP contribution in [0.1, 0.15) is 43.4 Å². The molecule has 3 aromatic rings. The molecule has 1 unspecified atom stereocenters. The first-order chi connectivity index (χ1) is 21.3. The van der Waals surface area contributed by atoms with Gasteiger partial charge in [-0.15, -0.1) is 0 Å². The van der Waals surface area contributed by atoms with Crippen LogP contribution < -0.4 is 9.64 Å². The largest absolute Gasteiger partial charge is 0.443 e. The fourth-order valence-electron chi connectivity index (χ4n) is 7.79. The van der Waals surface area contributed by atoms with Crippen LogP contribution >= 0.6 is 11.6 Å². The van der Waals surface area contributed by atoms with Gasteiger partial charge in [-0.25, -0.2) is 8.97 Å². The standard InChI is InChI=1S/C34H39ClFN6O2/c1-3-29(43)41-17-11-23(20-41)19-39(2)32-25-12-18-40(28-8-4-7-24-9-10-26(36)31(35)30(24)28)21-27(25)37-33(38-32)44-22-34-13-5-15-42(34)16-6-14-34/h3-4,7-10,19,23H,1,5-6,11-18,20-22H2,2H3/q+1/b39-19+. The lowest BCUT2D eigenvalue weighted by Gasteiger charge is -2.32. The molecule has 1 amide bonds. The molecule has 0 radical (unpaired) electrons. The Bertz CT molecular complexity index is 1650. The Morgan fingerprint density at radius 3 is 2.80 bits per heavy atom. The monoisotopic (exact) mass is 617 g/mol. The van der Waals surface area contributed by atoms with Crippen LogP contribution in [0.4, 0.5) is 15.9 Å². The van der Waals surface area contributed by atoms with Crippen molar-refractivity contribution < 1.29 is 18.5 Å².